The Kier molecular flexibility index (Phi) is 12.0. The highest BCUT2D eigenvalue weighted by atomic mass is 127. The number of fused-ring (bicyclic) bond motifs is 2. The molecule has 4 aliphatic carbocycles. The summed E-state index contributed by atoms with van der Waals surface area (Å²) in [5.41, 5.74) is 5.17. The third-order valence-electron chi connectivity index (χ3n) is 11.7. The van der Waals surface area contributed by atoms with Gasteiger partial charge in [0.25, 0.3) is 0 Å². The Morgan fingerprint density at radius 1 is 0.674 bits per heavy atom. The fourth-order valence-electron chi connectivity index (χ4n) is 9.67. The van der Waals surface area contributed by atoms with E-state index in [9.17, 15) is 9.59 Å². The predicted octanol–water partition coefficient (Wildman–Crippen LogP) is 6.94. The van der Waals surface area contributed by atoms with Crippen molar-refractivity contribution in [3.63, 3.8) is 0 Å². The number of carbonyl (C=O) groups excluding carboxylic acids is 2. The molecule has 0 bridgehead atoms. The second-order valence-electron chi connectivity index (χ2n) is 14.1. The first-order chi connectivity index (χ1) is 20.6. The molecule has 0 atom stereocenters. The molecule has 0 saturated heterocycles. The number of nitrogens with zero attached hydrogens (tertiary/aromatic N) is 2. The van der Waals surface area contributed by atoms with Crippen molar-refractivity contribution in [1.82, 2.24) is 9.55 Å². The zero-order valence-electron chi connectivity index (χ0n) is 26.6. The molecular formula is C37H54IN2O2P. The van der Waals surface area contributed by atoms with E-state index in [-0.39, 0.29) is 35.5 Å². The Bertz CT molecular complexity index is 1190. The van der Waals surface area contributed by atoms with Crippen LogP contribution in [0.5, 0.6) is 0 Å². The number of hydrogen-bond donors (Lipinski definition) is 0. The maximum atomic E-state index is 13.3. The first-order valence-corrected chi connectivity index (χ1v) is 19.9. The Labute approximate surface area is 278 Å². The molecular weight excluding hydrogens is 662 g/mol. The maximum absolute atomic E-state index is 13.3. The van der Waals surface area contributed by atoms with Gasteiger partial charge in [-0.1, -0.05) is 56.4 Å². The van der Waals surface area contributed by atoms with Crippen LogP contribution in [0.3, 0.4) is 0 Å². The molecule has 3 fully saturated rings. The number of aromatic nitrogens is 2. The average molecular weight is 717 g/mol. The van der Waals surface area contributed by atoms with Crippen molar-refractivity contribution < 1.29 is 33.6 Å². The van der Waals surface area contributed by atoms with E-state index in [0.717, 1.165) is 35.8 Å². The molecule has 43 heavy (non-hydrogen) atoms. The van der Waals surface area contributed by atoms with Gasteiger partial charge < -0.3 is 28.5 Å². The first kappa shape index (κ1) is 33.3. The maximum Gasteiger partial charge on any atom is 0.214 e. The van der Waals surface area contributed by atoms with Crippen molar-refractivity contribution in [1.29, 1.82) is 0 Å². The Hall–Kier alpha value is -1.07. The number of aryl methyl sites for hydroxylation is 1. The molecule has 0 aliphatic heterocycles. The van der Waals surface area contributed by atoms with Crippen LogP contribution in [-0.4, -0.2) is 44.3 Å². The first-order valence-electron chi connectivity index (χ1n) is 17.7. The highest BCUT2D eigenvalue weighted by molar-refractivity contribution is 7.77. The number of rotatable bonds is 11. The van der Waals surface area contributed by atoms with Crippen LogP contribution in [0.2, 0.25) is 0 Å². The van der Waals surface area contributed by atoms with Gasteiger partial charge in [-0.15, -0.1) is 0 Å². The third kappa shape index (κ3) is 6.88. The predicted molar refractivity (Wildman–Crippen MR) is 176 cm³/mol. The Morgan fingerprint density at radius 2 is 1.14 bits per heavy atom. The lowest BCUT2D eigenvalue weighted by Crippen LogP contribution is -3.00. The number of benzene rings is 1. The molecule has 0 spiro atoms. The molecule has 1 aromatic carbocycles. The quantitative estimate of drug-likeness (QED) is 0.123. The molecule has 0 unspecified atom stereocenters. The fraction of sp³-hybridized carbons (Fsp3) is 0.703. The fourth-order valence-corrected chi connectivity index (χ4v) is 17.3. The molecule has 4 nitrogen and oxygen atoms in total. The summed E-state index contributed by atoms with van der Waals surface area (Å²) >= 11 is 0. The highest BCUT2D eigenvalue weighted by Gasteiger charge is 2.56. The van der Waals surface area contributed by atoms with Crippen LogP contribution in [0.25, 0.3) is 0 Å². The lowest BCUT2D eigenvalue weighted by molar-refractivity contribution is -0.0000226. The van der Waals surface area contributed by atoms with Gasteiger partial charge in [-0.05, 0) is 103 Å². The van der Waals surface area contributed by atoms with Crippen LogP contribution in [-0.2, 0) is 6.54 Å². The largest absolute Gasteiger partial charge is 1.00 e. The zero-order chi connectivity index (χ0) is 28.9. The number of carbonyl (C=O) groups is 2. The van der Waals surface area contributed by atoms with Crippen LogP contribution in [0.4, 0.5) is 0 Å². The van der Waals surface area contributed by atoms with E-state index in [4.69, 9.17) is 0 Å². The van der Waals surface area contributed by atoms with Gasteiger partial charge in [-0.3, -0.25) is 9.59 Å². The van der Waals surface area contributed by atoms with E-state index < -0.39 is 7.26 Å². The number of imidazole rings is 1. The molecule has 1 aromatic heterocycles. The third-order valence-corrected chi connectivity index (χ3v) is 18.4. The van der Waals surface area contributed by atoms with Crippen LogP contribution in [0.15, 0.2) is 24.3 Å². The number of ketones is 2. The van der Waals surface area contributed by atoms with E-state index in [2.05, 4.69) is 4.98 Å². The molecule has 0 N–H and O–H groups in total. The van der Waals surface area contributed by atoms with E-state index >= 15 is 0 Å². The van der Waals surface area contributed by atoms with Gasteiger partial charge >= 0.3 is 0 Å². The van der Waals surface area contributed by atoms with E-state index in [1.165, 1.54) is 83.5 Å². The summed E-state index contributed by atoms with van der Waals surface area (Å²) in [5, 5.41) is 0. The summed E-state index contributed by atoms with van der Waals surface area (Å²) < 4.78 is 2.03. The minimum absolute atomic E-state index is 0. The van der Waals surface area contributed by atoms with Crippen LogP contribution in [0.1, 0.15) is 166 Å². The summed E-state index contributed by atoms with van der Waals surface area (Å²) in [6, 6.07) is 7.20. The molecule has 0 amide bonds. The van der Waals surface area contributed by atoms with E-state index in [1.807, 2.05) is 23.6 Å². The summed E-state index contributed by atoms with van der Waals surface area (Å²) in [7, 11) is -0.959. The second kappa shape index (κ2) is 15.5. The lowest BCUT2D eigenvalue weighted by atomic mass is 9.90. The molecule has 0 radical (unpaired) electrons. The van der Waals surface area contributed by atoms with Crippen LogP contribution < -0.4 is 24.0 Å². The van der Waals surface area contributed by atoms with Crippen molar-refractivity contribution in [3.05, 3.63) is 52.6 Å². The average Bonchev–Trinajstić information content (AvgIpc) is 3.38. The van der Waals surface area contributed by atoms with Crippen LogP contribution in [0, 0.1) is 6.92 Å². The second-order valence-corrected chi connectivity index (χ2v) is 18.7. The van der Waals surface area contributed by atoms with Crippen molar-refractivity contribution in [2.45, 2.75) is 159 Å². The summed E-state index contributed by atoms with van der Waals surface area (Å²) in [4.78, 5) is 31.0. The highest BCUT2D eigenvalue weighted by Crippen LogP contribution is 2.77. The van der Waals surface area contributed by atoms with E-state index in [1.54, 1.807) is 56.8 Å². The Morgan fingerprint density at radius 3 is 1.67 bits per heavy atom. The lowest BCUT2D eigenvalue weighted by Gasteiger charge is -2.49. The number of unbranched alkanes of at least 4 members (excludes halogenated alkanes) is 4. The molecule has 3 saturated carbocycles. The molecule has 236 valence electrons. The number of halogens is 1. The van der Waals surface area contributed by atoms with Gasteiger partial charge in [0.15, 0.2) is 0 Å². The SMILES string of the molecule is Cc1nc2c(n1CCCCCCC[P+](C1CCCCC1)(C1CCCCC1)C1CCCCC1)C(=O)c1ccccc1C2=O.[I-]. The summed E-state index contributed by atoms with van der Waals surface area (Å²) in [5.74, 6) is 0.633. The standard InChI is InChI=1S/C37H54N2O2P.HI/c1-28-38-34-35(37(41)33-25-15-14-24-32(33)36(34)40)39(28)26-16-3-2-4-17-27-42(29-18-8-5-9-19-29,30-20-10-6-11-21-30)31-22-12-7-13-23-31;/h14-15,24-25,29-31H,2-13,16-23,26-27H2,1H3;1H/q+1;/p-1. The van der Waals surface area contributed by atoms with Gasteiger partial charge in [0, 0.05) is 24.9 Å². The van der Waals surface area contributed by atoms with Gasteiger partial charge in [0.05, 0.1) is 23.1 Å². The molecule has 6 heteroatoms. The normalized spacial score (nSPS) is 20.5. The van der Waals surface area contributed by atoms with Gasteiger partial charge in [0.2, 0.25) is 11.6 Å². The molecule has 2 aromatic rings. The number of hydrogen-bond acceptors (Lipinski definition) is 3. The van der Waals surface area contributed by atoms with Crippen molar-refractivity contribution in [2.24, 2.45) is 0 Å². The molecule has 6 rings (SSSR count). The monoisotopic (exact) mass is 716 g/mol. The topological polar surface area (TPSA) is 52.0 Å². The summed E-state index contributed by atoms with van der Waals surface area (Å²) in [6.07, 6.45) is 30.7. The van der Waals surface area contributed by atoms with Crippen molar-refractivity contribution in [2.75, 3.05) is 6.16 Å². The van der Waals surface area contributed by atoms with Crippen molar-refractivity contribution in [3.8, 4) is 0 Å². The minimum Gasteiger partial charge on any atom is -1.00 e. The smallest absolute Gasteiger partial charge is 0.214 e. The van der Waals surface area contributed by atoms with Gasteiger partial charge in [0.1, 0.15) is 17.2 Å². The van der Waals surface area contributed by atoms with Crippen molar-refractivity contribution >= 4 is 18.8 Å². The Balaban J connectivity index is 0.00000368. The van der Waals surface area contributed by atoms with Crippen LogP contribution >= 0.6 is 7.26 Å². The van der Waals surface area contributed by atoms with Gasteiger partial charge in [-0.2, -0.15) is 0 Å². The summed E-state index contributed by atoms with van der Waals surface area (Å²) in [6.45, 7) is 2.72. The minimum atomic E-state index is -0.959. The van der Waals surface area contributed by atoms with E-state index in [0.29, 0.717) is 22.5 Å². The molecule has 1 heterocycles. The van der Waals surface area contributed by atoms with Gasteiger partial charge in [-0.25, -0.2) is 4.98 Å². The molecule has 4 aliphatic rings. The zero-order valence-corrected chi connectivity index (χ0v) is 29.7.